The van der Waals surface area contributed by atoms with Gasteiger partial charge in [-0.1, -0.05) is 39.0 Å². The maximum Gasteiger partial charge on any atom is 0.254 e. The highest BCUT2D eigenvalue weighted by Gasteiger charge is 2.28. The van der Waals surface area contributed by atoms with Gasteiger partial charge in [-0.15, -0.1) is 11.3 Å². The molecule has 1 N–H and O–H groups in total. The number of likely N-dealkylation sites (tertiary alicyclic amines) is 1. The van der Waals surface area contributed by atoms with Crippen LogP contribution in [-0.4, -0.2) is 49.9 Å². The Kier molecular flexibility index (Phi) is 8.56. The number of hydrogen-bond acceptors (Lipinski definition) is 7. The lowest BCUT2D eigenvalue weighted by Gasteiger charge is -2.27. The largest absolute Gasteiger partial charge is 0.365 e. The summed E-state index contributed by atoms with van der Waals surface area (Å²) < 4.78 is 3.22. The molecule has 4 rings (SSSR count). The van der Waals surface area contributed by atoms with Crippen LogP contribution in [0.5, 0.6) is 0 Å². The number of hydrogen-bond donors (Lipinski definition) is 1. The van der Waals surface area contributed by atoms with E-state index in [0.29, 0.717) is 41.0 Å². The van der Waals surface area contributed by atoms with Crippen LogP contribution in [-0.2, 0) is 17.9 Å². The van der Waals surface area contributed by atoms with Gasteiger partial charge < -0.3 is 14.8 Å². The van der Waals surface area contributed by atoms with Gasteiger partial charge in [0.25, 0.3) is 11.5 Å². The standard InChI is InChI=1S/C28H32ClN5O4S/c1-5-22(35)19-13-25(36)33(17-26(37)32-11-7-6-8-12-32)16-20(19)21-14-24(30-15-18-9-10-23(29)39-18)34(31-21)27(38)28(2,3)4/h5,9-10,13-14,16,30H,1,6-8,11-12,15,17H2,2-4H3. The second kappa shape index (κ2) is 11.7. The molecule has 0 aliphatic carbocycles. The fourth-order valence-corrected chi connectivity index (χ4v) is 5.37. The third-order valence-electron chi connectivity index (χ3n) is 6.48. The highest BCUT2D eigenvalue weighted by molar-refractivity contribution is 7.16. The van der Waals surface area contributed by atoms with Crippen molar-refractivity contribution in [2.24, 2.45) is 5.41 Å². The summed E-state index contributed by atoms with van der Waals surface area (Å²) in [7, 11) is 0. The number of ketones is 1. The molecule has 1 aliphatic heterocycles. The Bertz CT molecular complexity index is 1470. The molecule has 3 aromatic heterocycles. The van der Waals surface area contributed by atoms with Gasteiger partial charge in [-0.05, 0) is 37.5 Å². The first-order valence-electron chi connectivity index (χ1n) is 12.8. The zero-order valence-corrected chi connectivity index (χ0v) is 23.9. The van der Waals surface area contributed by atoms with Crippen LogP contribution in [0.25, 0.3) is 11.3 Å². The minimum atomic E-state index is -0.745. The summed E-state index contributed by atoms with van der Waals surface area (Å²) in [6.07, 6.45) is 5.55. The maximum atomic E-state index is 13.3. The van der Waals surface area contributed by atoms with Gasteiger partial charge >= 0.3 is 0 Å². The van der Waals surface area contributed by atoms with Gasteiger partial charge in [-0.2, -0.15) is 9.78 Å². The Hall–Kier alpha value is -3.50. The number of aromatic nitrogens is 3. The molecule has 1 aliphatic rings. The van der Waals surface area contributed by atoms with Gasteiger partial charge in [0.2, 0.25) is 5.91 Å². The number of allylic oxidation sites excluding steroid dienone is 1. The topological polar surface area (TPSA) is 106 Å². The smallest absolute Gasteiger partial charge is 0.254 e. The van der Waals surface area contributed by atoms with Crippen LogP contribution in [0, 0.1) is 5.41 Å². The summed E-state index contributed by atoms with van der Waals surface area (Å²) in [4.78, 5) is 54.7. The minimum Gasteiger partial charge on any atom is -0.365 e. The van der Waals surface area contributed by atoms with Gasteiger partial charge in [0.15, 0.2) is 5.78 Å². The fraction of sp³-hybridized carbons (Fsp3) is 0.393. The van der Waals surface area contributed by atoms with Gasteiger partial charge in [0, 0.05) is 52.8 Å². The predicted octanol–water partition coefficient (Wildman–Crippen LogP) is 5.11. The zero-order valence-electron chi connectivity index (χ0n) is 22.3. The molecule has 4 heterocycles. The van der Waals surface area contributed by atoms with Crippen molar-refractivity contribution in [1.29, 1.82) is 0 Å². The monoisotopic (exact) mass is 569 g/mol. The molecule has 0 bridgehead atoms. The molecular weight excluding hydrogens is 538 g/mol. The molecular formula is C28H32ClN5O4S. The Labute approximate surface area is 236 Å². The van der Waals surface area contributed by atoms with E-state index in [-0.39, 0.29) is 23.9 Å². The highest BCUT2D eigenvalue weighted by Crippen LogP contribution is 2.29. The molecule has 0 aromatic carbocycles. The van der Waals surface area contributed by atoms with E-state index in [2.05, 4.69) is 17.0 Å². The van der Waals surface area contributed by atoms with E-state index in [0.717, 1.165) is 30.2 Å². The first kappa shape index (κ1) is 28.5. The molecule has 39 heavy (non-hydrogen) atoms. The molecule has 0 unspecified atom stereocenters. The molecule has 0 spiro atoms. The molecule has 1 amide bonds. The number of carbonyl (C=O) groups is 3. The number of carbonyl (C=O) groups excluding carboxylic acids is 3. The van der Waals surface area contributed by atoms with Gasteiger partial charge in [-0.25, -0.2) is 0 Å². The van der Waals surface area contributed by atoms with Crippen molar-refractivity contribution in [3.8, 4) is 11.3 Å². The summed E-state index contributed by atoms with van der Waals surface area (Å²) in [5.74, 6) is -0.453. The molecule has 3 aromatic rings. The summed E-state index contributed by atoms with van der Waals surface area (Å²) in [6, 6.07) is 6.56. The molecule has 1 fully saturated rings. The Balaban J connectivity index is 1.77. The summed E-state index contributed by atoms with van der Waals surface area (Å²) in [5.41, 5.74) is -0.489. The van der Waals surface area contributed by atoms with E-state index in [1.165, 1.54) is 32.8 Å². The van der Waals surface area contributed by atoms with E-state index >= 15 is 0 Å². The second-order valence-corrected chi connectivity index (χ2v) is 12.3. The SMILES string of the molecule is C=CC(=O)c1cc(=O)n(CC(=O)N2CCCCC2)cc1-c1cc(NCc2ccc(Cl)s2)n(C(=O)C(C)(C)C)n1. The van der Waals surface area contributed by atoms with Crippen LogP contribution < -0.4 is 10.9 Å². The van der Waals surface area contributed by atoms with E-state index in [9.17, 15) is 19.2 Å². The van der Waals surface area contributed by atoms with Crippen molar-refractivity contribution in [3.63, 3.8) is 0 Å². The van der Waals surface area contributed by atoms with Crippen LogP contribution in [0.15, 0.2) is 47.9 Å². The quantitative estimate of drug-likeness (QED) is 0.298. The molecule has 0 saturated carbocycles. The second-order valence-electron chi connectivity index (χ2n) is 10.5. The maximum absolute atomic E-state index is 13.3. The summed E-state index contributed by atoms with van der Waals surface area (Å²) in [6.45, 7) is 10.5. The van der Waals surface area contributed by atoms with Gasteiger partial charge in [-0.3, -0.25) is 19.2 Å². The van der Waals surface area contributed by atoms with E-state index in [1.54, 1.807) is 37.8 Å². The lowest BCUT2D eigenvalue weighted by Crippen LogP contribution is -2.39. The average molecular weight is 570 g/mol. The van der Waals surface area contributed by atoms with Crippen molar-refractivity contribution in [2.75, 3.05) is 18.4 Å². The molecule has 0 atom stereocenters. The van der Waals surface area contributed by atoms with Crippen molar-refractivity contribution in [3.05, 3.63) is 68.2 Å². The summed E-state index contributed by atoms with van der Waals surface area (Å²) in [5, 5.41) is 7.81. The number of halogens is 1. The normalized spacial score (nSPS) is 13.8. The van der Waals surface area contributed by atoms with Crippen LogP contribution in [0.2, 0.25) is 4.34 Å². The van der Waals surface area contributed by atoms with Crippen LogP contribution in [0.4, 0.5) is 5.82 Å². The number of anilines is 1. The number of amides is 1. The lowest BCUT2D eigenvalue weighted by atomic mass is 9.96. The zero-order chi connectivity index (χ0) is 28.3. The van der Waals surface area contributed by atoms with Gasteiger partial charge in [0.1, 0.15) is 12.4 Å². The third kappa shape index (κ3) is 6.57. The third-order valence-corrected chi connectivity index (χ3v) is 7.71. The van der Waals surface area contributed by atoms with Crippen molar-refractivity contribution >= 4 is 46.4 Å². The van der Waals surface area contributed by atoms with Gasteiger partial charge in [0.05, 0.1) is 16.6 Å². The number of rotatable bonds is 8. The van der Waals surface area contributed by atoms with E-state index in [4.69, 9.17) is 11.6 Å². The predicted molar refractivity (Wildman–Crippen MR) is 154 cm³/mol. The molecule has 0 radical (unpaired) electrons. The molecule has 206 valence electrons. The number of pyridine rings is 1. The Morgan fingerprint density at radius 2 is 1.87 bits per heavy atom. The van der Waals surface area contributed by atoms with Crippen LogP contribution in [0.1, 0.15) is 60.1 Å². The Morgan fingerprint density at radius 1 is 1.15 bits per heavy atom. The molecule has 11 heteroatoms. The number of nitrogens with one attached hydrogen (secondary N) is 1. The number of thiophene rings is 1. The first-order chi connectivity index (χ1) is 18.5. The fourth-order valence-electron chi connectivity index (χ4n) is 4.34. The minimum absolute atomic E-state index is 0.0983. The number of piperidine rings is 1. The van der Waals surface area contributed by atoms with Crippen molar-refractivity contribution < 1.29 is 14.4 Å². The van der Waals surface area contributed by atoms with E-state index in [1.807, 2.05) is 6.07 Å². The van der Waals surface area contributed by atoms with Crippen molar-refractivity contribution in [1.82, 2.24) is 19.2 Å². The average Bonchev–Trinajstić information content (AvgIpc) is 3.53. The lowest BCUT2D eigenvalue weighted by molar-refractivity contribution is -0.132. The van der Waals surface area contributed by atoms with Crippen LogP contribution >= 0.6 is 22.9 Å². The highest BCUT2D eigenvalue weighted by atomic mass is 35.5. The number of nitrogens with zero attached hydrogens (tertiary/aromatic N) is 4. The Morgan fingerprint density at radius 3 is 2.49 bits per heavy atom. The van der Waals surface area contributed by atoms with Crippen LogP contribution in [0.3, 0.4) is 0 Å². The summed E-state index contributed by atoms with van der Waals surface area (Å²) >= 11 is 7.48. The van der Waals surface area contributed by atoms with Crippen molar-refractivity contribution in [2.45, 2.75) is 53.1 Å². The molecule has 9 nitrogen and oxygen atoms in total. The molecule has 1 saturated heterocycles. The van der Waals surface area contributed by atoms with E-state index < -0.39 is 16.8 Å². The first-order valence-corrected chi connectivity index (χ1v) is 14.0.